The second-order valence-electron chi connectivity index (χ2n) is 2.90. The topological polar surface area (TPSA) is 0 Å². The van der Waals surface area contributed by atoms with Crippen molar-refractivity contribution in [3.8, 4) is 0 Å². The van der Waals surface area contributed by atoms with E-state index in [1.165, 1.54) is 4.55 Å². The molecule has 0 rings (SSSR count). The first-order valence-electron chi connectivity index (χ1n) is 2.80. The van der Waals surface area contributed by atoms with E-state index in [1.807, 2.05) is 0 Å². The number of rotatable bonds is 1. The van der Waals surface area contributed by atoms with E-state index in [2.05, 4.69) is 43.7 Å². The number of quaternary nitrogens is 1. The van der Waals surface area contributed by atoms with Gasteiger partial charge in [-0.05, 0) is 22.6 Å². The Balaban J connectivity index is 0. The Morgan fingerprint density at radius 2 is 1.18 bits per heavy atom. The van der Waals surface area contributed by atoms with E-state index in [1.54, 1.807) is 0 Å². The smallest absolute Gasteiger partial charge is 0.418 e. The quantitative estimate of drug-likeness (QED) is 0.173. The molecule has 11 heavy (non-hydrogen) atoms. The first-order chi connectivity index (χ1) is 4.56. The van der Waals surface area contributed by atoms with Gasteiger partial charge in [-0.3, -0.25) is 0 Å². The van der Waals surface area contributed by atoms with E-state index in [4.69, 9.17) is 0 Å². The summed E-state index contributed by atoms with van der Waals surface area (Å²) in [6.45, 7) is 0. The van der Waals surface area contributed by atoms with Gasteiger partial charge in [-0.2, -0.15) is 0 Å². The Morgan fingerprint density at radius 1 is 1.09 bits per heavy atom. The zero-order valence-electron chi connectivity index (χ0n) is 6.62. The first-order valence-corrected chi connectivity index (χ1v) is 4.32. The third-order valence-electron chi connectivity index (χ3n) is 0.359. The van der Waals surface area contributed by atoms with Crippen molar-refractivity contribution in [3.63, 3.8) is 0 Å². The molecule has 0 atom stereocenters. The molecule has 0 bridgehead atoms. The average Bonchev–Trinajstić information content (AvgIpc) is 1.59. The third kappa shape index (κ3) is 62.3. The lowest BCUT2D eigenvalue weighted by Crippen LogP contribution is -2.31. The lowest BCUT2D eigenvalue weighted by Gasteiger charge is -2.19. The Labute approximate surface area is 77.6 Å². The summed E-state index contributed by atoms with van der Waals surface area (Å²) in [5.74, 6) is 0. The molecule has 7 heteroatoms. The van der Waals surface area contributed by atoms with E-state index in [0.717, 1.165) is 4.48 Å². The van der Waals surface area contributed by atoms with Crippen LogP contribution in [0.2, 0.25) is 0 Å². The molecule has 0 unspecified atom stereocenters. The summed E-state index contributed by atoms with van der Waals surface area (Å²) < 4.78 is 41.2. The minimum Gasteiger partial charge on any atom is -0.418 e. The van der Waals surface area contributed by atoms with Gasteiger partial charge in [0.15, 0.2) is 0 Å². The number of hydrogen-bond acceptors (Lipinski definition) is 0. The Bertz CT molecular complexity index is 93.2. The fraction of sp³-hybridized carbons (Fsp3) is 1.00. The van der Waals surface area contributed by atoms with Gasteiger partial charge in [-0.15, -0.1) is 0 Å². The molecular weight excluding hydrogens is 276 g/mol. The molecule has 0 aliphatic carbocycles. The maximum Gasteiger partial charge on any atom is 0.673 e. The van der Waals surface area contributed by atoms with Crippen molar-refractivity contribution in [2.75, 3.05) is 25.7 Å². The minimum absolute atomic E-state index is 1.06. The second kappa shape index (κ2) is 5.18. The lowest BCUT2D eigenvalue weighted by molar-refractivity contribution is -0.853. The Kier molecular flexibility index (Phi) is 6.60. The summed E-state index contributed by atoms with van der Waals surface area (Å²) in [6, 6.07) is 0. The molecular formula is C4H11BF4IN. The van der Waals surface area contributed by atoms with Crippen LogP contribution in [0, 0.1) is 0 Å². The van der Waals surface area contributed by atoms with Crippen molar-refractivity contribution < 1.29 is 21.7 Å². The van der Waals surface area contributed by atoms with Crippen LogP contribution in [0.3, 0.4) is 0 Å². The van der Waals surface area contributed by atoms with Gasteiger partial charge in [0.25, 0.3) is 0 Å². The van der Waals surface area contributed by atoms with Crippen LogP contribution in [0.1, 0.15) is 0 Å². The highest BCUT2D eigenvalue weighted by Gasteiger charge is 2.20. The average molecular weight is 287 g/mol. The fourth-order valence-corrected chi connectivity index (χ4v) is 0. The molecule has 1 nitrogen and oxygen atoms in total. The molecule has 0 saturated heterocycles. The van der Waals surface area contributed by atoms with E-state index in [0.29, 0.717) is 0 Å². The van der Waals surface area contributed by atoms with E-state index in [9.17, 15) is 17.3 Å². The number of nitrogens with zero attached hydrogens (tertiary/aromatic N) is 1. The van der Waals surface area contributed by atoms with Gasteiger partial charge >= 0.3 is 7.25 Å². The summed E-state index contributed by atoms with van der Waals surface area (Å²) in [5.41, 5.74) is 0. The molecule has 0 aromatic rings. The Morgan fingerprint density at radius 3 is 1.18 bits per heavy atom. The number of alkyl halides is 1. The molecule has 0 radical (unpaired) electrons. The number of hydrogen-bond donors (Lipinski definition) is 0. The highest BCUT2D eigenvalue weighted by molar-refractivity contribution is 14.1. The highest BCUT2D eigenvalue weighted by atomic mass is 127. The van der Waals surface area contributed by atoms with Crippen molar-refractivity contribution in [2.45, 2.75) is 0 Å². The summed E-state index contributed by atoms with van der Waals surface area (Å²) in [5, 5.41) is 0. The van der Waals surface area contributed by atoms with Crippen molar-refractivity contribution in [1.29, 1.82) is 0 Å². The normalized spacial score (nSPS) is 12.0. The molecule has 0 spiro atoms. The molecule has 0 saturated carbocycles. The SMILES string of the molecule is C[N+](C)(C)CI.F[B-](F)(F)F. The number of halogens is 5. The maximum absolute atomic E-state index is 9.75. The summed E-state index contributed by atoms with van der Waals surface area (Å²) >= 11 is 2.37. The molecule has 0 aromatic carbocycles. The van der Waals surface area contributed by atoms with Gasteiger partial charge in [-0.25, -0.2) is 0 Å². The van der Waals surface area contributed by atoms with Gasteiger partial charge in [0, 0.05) is 0 Å². The van der Waals surface area contributed by atoms with E-state index in [-0.39, 0.29) is 0 Å². The predicted octanol–water partition coefficient (Wildman–Crippen LogP) is 2.39. The first kappa shape index (κ1) is 14.0. The molecule has 0 heterocycles. The van der Waals surface area contributed by atoms with Crippen LogP contribution in [-0.2, 0) is 0 Å². The standard InChI is InChI=1S/C4H11IN.BF4/c1-6(2,3)4-5;2-1(3,4)5/h4H2,1-3H3;/q+1;-1. The van der Waals surface area contributed by atoms with Crippen molar-refractivity contribution >= 4 is 29.8 Å². The van der Waals surface area contributed by atoms with Gasteiger partial charge in [0.1, 0.15) is 4.55 Å². The third-order valence-corrected chi connectivity index (χ3v) is 2.41. The molecule has 70 valence electrons. The van der Waals surface area contributed by atoms with Gasteiger partial charge in [0.2, 0.25) is 0 Å². The zero-order valence-corrected chi connectivity index (χ0v) is 8.78. The van der Waals surface area contributed by atoms with Gasteiger partial charge in [0.05, 0.1) is 21.1 Å². The van der Waals surface area contributed by atoms with E-state index < -0.39 is 7.25 Å². The van der Waals surface area contributed by atoms with Crippen molar-refractivity contribution in [3.05, 3.63) is 0 Å². The molecule has 0 fully saturated rings. The van der Waals surface area contributed by atoms with Crippen LogP contribution in [0.5, 0.6) is 0 Å². The van der Waals surface area contributed by atoms with Crippen molar-refractivity contribution in [1.82, 2.24) is 0 Å². The molecule has 0 amide bonds. The largest absolute Gasteiger partial charge is 0.673 e. The van der Waals surface area contributed by atoms with Crippen LogP contribution < -0.4 is 0 Å². The minimum atomic E-state index is -6.00. The van der Waals surface area contributed by atoms with Crippen molar-refractivity contribution in [2.24, 2.45) is 0 Å². The molecule has 0 aliphatic heterocycles. The van der Waals surface area contributed by atoms with Crippen LogP contribution in [0.25, 0.3) is 0 Å². The maximum atomic E-state index is 9.75. The van der Waals surface area contributed by atoms with Crippen LogP contribution in [-0.4, -0.2) is 37.4 Å². The Hall–Kier alpha value is 0.475. The van der Waals surface area contributed by atoms with E-state index >= 15 is 0 Å². The fourth-order valence-electron chi connectivity index (χ4n) is 0. The lowest BCUT2D eigenvalue weighted by atomic mass is 10.3. The van der Waals surface area contributed by atoms with Gasteiger partial charge in [-0.1, -0.05) is 0 Å². The van der Waals surface area contributed by atoms with Gasteiger partial charge < -0.3 is 21.7 Å². The highest BCUT2D eigenvalue weighted by Crippen LogP contribution is 2.06. The zero-order chi connectivity index (χ0) is 9.71. The van der Waals surface area contributed by atoms with Crippen LogP contribution in [0.4, 0.5) is 17.3 Å². The summed E-state index contributed by atoms with van der Waals surface area (Å²) in [4.78, 5) is 0. The molecule has 0 aliphatic rings. The monoisotopic (exact) mass is 287 g/mol. The predicted molar refractivity (Wildman–Crippen MR) is 47.1 cm³/mol. The summed E-state index contributed by atoms with van der Waals surface area (Å²) in [7, 11) is 0.519. The molecule has 0 aromatic heterocycles. The summed E-state index contributed by atoms with van der Waals surface area (Å²) in [6.07, 6.45) is 0. The van der Waals surface area contributed by atoms with Crippen LogP contribution >= 0.6 is 22.6 Å². The van der Waals surface area contributed by atoms with Crippen LogP contribution in [0.15, 0.2) is 0 Å². The molecule has 0 N–H and O–H groups in total. The second-order valence-corrected chi connectivity index (χ2v) is 3.59.